The van der Waals surface area contributed by atoms with Crippen LogP contribution in [0.1, 0.15) is 0 Å². The van der Waals surface area contributed by atoms with Crippen molar-refractivity contribution < 1.29 is 13.2 Å². The largest absolute Gasteiger partial charge is 0.439 e. The van der Waals surface area contributed by atoms with Crippen LogP contribution in [0.15, 0.2) is 60.0 Å². The molecule has 1 N–H and O–H groups in total. The van der Waals surface area contributed by atoms with E-state index in [2.05, 4.69) is 5.32 Å². The zero-order valence-corrected chi connectivity index (χ0v) is 11.8. The van der Waals surface area contributed by atoms with Crippen LogP contribution in [0.3, 0.4) is 0 Å². The average molecular weight is 300 g/mol. The molecule has 3 rings (SSSR count). The second-order valence-electron chi connectivity index (χ2n) is 4.64. The molecule has 0 saturated heterocycles. The second kappa shape index (κ2) is 5.11. The van der Waals surface area contributed by atoms with E-state index in [0.717, 1.165) is 5.69 Å². The molecular formula is C15H12N2O3S. The number of sulfone groups is 1. The number of fused-ring (bicyclic) bond motifs is 1. The number of hydrogen-bond donors (Lipinski definition) is 1. The van der Waals surface area contributed by atoms with Crippen molar-refractivity contribution in [3.63, 3.8) is 0 Å². The van der Waals surface area contributed by atoms with Crippen LogP contribution in [0, 0.1) is 11.3 Å². The summed E-state index contributed by atoms with van der Waals surface area (Å²) in [5, 5.41) is 10.9. The molecule has 21 heavy (non-hydrogen) atoms. The Morgan fingerprint density at radius 2 is 2.10 bits per heavy atom. The van der Waals surface area contributed by atoms with E-state index >= 15 is 0 Å². The van der Waals surface area contributed by atoms with Crippen molar-refractivity contribution in [2.75, 3.05) is 11.1 Å². The van der Waals surface area contributed by atoms with Crippen LogP contribution >= 0.6 is 0 Å². The maximum absolute atomic E-state index is 12.2. The molecule has 6 heteroatoms. The minimum Gasteiger partial charge on any atom is -0.439 e. The number of nitrogens with one attached hydrogen (secondary N) is 1. The van der Waals surface area contributed by atoms with Crippen LogP contribution in [-0.2, 0) is 9.84 Å². The highest BCUT2D eigenvalue weighted by atomic mass is 32.2. The zero-order chi connectivity index (χ0) is 14.9. The van der Waals surface area contributed by atoms with Crippen LogP contribution in [-0.4, -0.2) is 19.4 Å². The maximum Gasteiger partial charge on any atom is 0.202 e. The molecule has 1 aliphatic heterocycles. The van der Waals surface area contributed by atoms with Gasteiger partial charge in [0.25, 0.3) is 0 Å². The predicted octanol–water partition coefficient (Wildman–Crippen LogP) is 2.14. The van der Waals surface area contributed by atoms with E-state index in [-0.39, 0.29) is 0 Å². The SMILES string of the molecule is N#CCS(=O)(=O)C1C=CC=CC1=C1Nc2ccccc2O1. The van der Waals surface area contributed by atoms with Gasteiger partial charge in [0.1, 0.15) is 11.0 Å². The highest BCUT2D eigenvalue weighted by Crippen LogP contribution is 2.36. The number of nitrogens with zero attached hydrogens (tertiary/aromatic N) is 1. The standard InChI is InChI=1S/C15H12N2O3S/c16-9-10-21(18,19)14-8-4-1-5-11(14)15-17-12-6-2-3-7-13(12)20-15/h1-8,14,17H,10H2. The molecule has 0 aromatic heterocycles. The predicted molar refractivity (Wildman–Crippen MR) is 79.2 cm³/mol. The third kappa shape index (κ3) is 2.43. The minimum atomic E-state index is -3.58. The van der Waals surface area contributed by atoms with Crippen LogP contribution in [0.5, 0.6) is 5.75 Å². The Labute approximate surface area is 122 Å². The van der Waals surface area contributed by atoms with Gasteiger partial charge < -0.3 is 10.1 Å². The Balaban J connectivity index is 2.02. The highest BCUT2D eigenvalue weighted by molar-refractivity contribution is 7.92. The summed E-state index contributed by atoms with van der Waals surface area (Å²) in [4.78, 5) is 0. The lowest BCUT2D eigenvalue weighted by Crippen LogP contribution is -2.26. The molecule has 0 radical (unpaired) electrons. The highest BCUT2D eigenvalue weighted by Gasteiger charge is 2.31. The third-order valence-electron chi connectivity index (χ3n) is 3.24. The fraction of sp³-hybridized carbons (Fsp3) is 0.133. The fourth-order valence-electron chi connectivity index (χ4n) is 2.27. The van der Waals surface area contributed by atoms with Crippen molar-refractivity contribution in [2.45, 2.75) is 5.25 Å². The van der Waals surface area contributed by atoms with Crippen molar-refractivity contribution >= 4 is 15.5 Å². The summed E-state index contributed by atoms with van der Waals surface area (Å²) in [5.74, 6) is 0.516. The molecule has 5 nitrogen and oxygen atoms in total. The summed E-state index contributed by atoms with van der Waals surface area (Å²) in [7, 11) is -3.58. The lowest BCUT2D eigenvalue weighted by Gasteiger charge is -2.17. The first-order valence-electron chi connectivity index (χ1n) is 6.33. The van der Waals surface area contributed by atoms with E-state index in [0.29, 0.717) is 17.2 Å². The van der Waals surface area contributed by atoms with Gasteiger partial charge in [0, 0.05) is 5.57 Å². The first-order chi connectivity index (χ1) is 10.1. The van der Waals surface area contributed by atoms with Gasteiger partial charge in [-0.05, 0) is 12.1 Å². The number of anilines is 1. The Kier molecular flexibility index (Phi) is 3.28. The molecule has 1 aromatic rings. The molecule has 1 aromatic carbocycles. The fourth-order valence-corrected chi connectivity index (χ4v) is 3.53. The molecule has 1 aliphatic carbocycles. The van der Waals surface area contributed by atoms with Crippen LogP contribution < -0.4 is 10.1 Å². The van der Waals surface area contributed by atoms with E-state index in [1.807, 2.05) is 18.2 Å². The first-order valence-corrected chi connectivity index (χ1v) is 8.05. The molecule has 2 aliphatic rings. The van der Waals surface area contributed by atoms with Crippen LogP contribution in [0.25, 0.3) is 0 Å². The first kappa shape index (κ1) is 13.5. The third-order valence-corrected chi connectivity index (χ3v) is 4.96. The van der Waals surface area contributed by atoms with Gasteiger partial charge in [-0.3, -0.25) is 0 Å². The summed E-state index contributed by atoms with van der Waals surface area (Å²) in [6.07, 6.45) is 6.65. The summed E-state index contributed by atoms with van der Waals surface area (Å²) in [6, 6.07) is 9.06. The quantitative estimate of drug-likeness (QED) is 0.905. The van der Waals surface area contributed by atoms with Gasteiger partial charge in [0.2, 0.25) is 5.88 Å². The van der Waals surface area contributed by atoms with Gasteiger partial charge in [0.15, 0.2) is 15.6 Å². The second-order valence-corrected chi connectivity index (χ2v) is 6.76. The van der Waals surface area contributed by atoms with Gasteiger partial charge in [-0.2, -0.15) is 5.26 Å². The number of para-hydroxylation sites is 2. The maximum atomic E-state index is 12.2. The molecule has 0 spiro atoms. The molecule has 1 atom stereocenters. The molecule has 0 fully saturated rings. The number of nitriles is 1. The number of benzene rings is 1. The summed E-state index contributed by atoms with van der Waals surface area (Å²) in [5.41, 5.74) is 1.29. The van der Waals surface area contributed by atoms with Gasteiger partial charge >= 0.3 is 0 Å². The van der Waals surface area contributed by atoms with E-state index in [4.69, 9.17) is 10.00 Å². The Morgan fingerprint density at radius 3 is 2.86 bits per heavy atom. The molecule has 0 saturated carbocycles. The smallest absolute Gasteiger partial charge is 0.202 e. The lowest BCUT2D eigenvalue weighted by molar-refractivity contribution is 0.450. The Hall–Kier alpha value is -2.52. The van der Waals surface area contributed by atoms with E-state index in [1.54, 1.807) is 36.4 Å². The van der Waals surface area contributed by atoms with Crippen molar-refractivity contribution in [1.29, 1.82) is 5.26 Å². The van der Waals surface area contributed by atoms with Gasteiger partial charge in [-0.25, -0.2) is 8.42 Å². The van der Waals surface area contributed by atoms with Gasteiger partial charge in [-0.1, -0.05) is 36.4 Å². The minimum absolute atomic E-state index is 0.392. The monoisotopic (exact) mass is 300 g/mol. The van der Waals surface area contributed by atoms with E-state index < -0.39 is 20.8 Å². The van der Waals surface area contributed by atoms with Crippen molar-refractivity contribution in [2.24, 2.45) is 0 Å². The van der Waals surface area contributed by atoms with E-state index in [1.165, 1.54) is 0 Å². The number of allylic oxidation sites excluding steroid dienone is 3. The number of rotatable bonds is 2. The molecule has 1 heterocycles. The van der Waals surface area contributed by atoms with Crippen molar-refractivity contribution in [3.8, 4) is 11.8 Å². The molecule has 1 unspecified atom stereocenters. The van der Waals surface area contributed by atoms with Crippen molar-refractivity contribution in [3.05, 3.63) is 60.0 Å². The molecular weight excluding hydrogens is 288 g/mol. The topological polar surface area (TPSA) is 79.2 Å². The van der Waals surface area contributed by atoms with E-state index in [9.17, 15) is 8.42 Å². The Morgan fingerprint density at radius 1 is 1.29 bits per heavy atom. The Bertz CT molecular complexity index is 787. The summed E-state index contributed by atoms with van der Waals surface area (Å²) in [6.45, 7) is 0. The molecule has 0 amide bonds. The lowest BCUT2D eigenvalue weighted by atomic mass is 10.1. The average Bonchev–Trinajstić information content (AvgIpc) is 2.91. The molecule has 106 valence electrons. The normalized spacial score (nSPS) is 23.1. The number of ether oxygens (including phenoxy) is 1. The van der Waals surface area contributed by atoms with Crippen molar-refractivity contribution in [1.82, 2.24) is 0 Å². The molecule has 0 bridgehead atoms. The summed E-state index contributed by atoms with van der Waals surface area (Å²) < 4.78 is 30.1. The van der Waals surface area contributed by atoms with Gasteiger partial charge in [-0.15, -0.1) is 0 Å². The van der Waals surface area contributed by atoms with Crippen LogP contribution in [0.2, 0.25) is 0 Å². The van der Waals surface area contributed by atoms with Gasteiger partial charge in [0.05, 0.1) is 11.8 Å². The summed E-state index contributed by atoms with van der Waals surface area (Å²) >= 11 is 0. The zero-order valence-electron chi connectivity index (χ0n) is 11.0. The number of hydrogen-bond acceptors (Lipinski definition) is 5. The van der Waals surface area contributed by atoms with Crippen LogP contribution in [0.4, 0.5) is 5.69 Å².